The van der Waals surface area contributed by atoms with Gasteiger partial charge >= 0.3 is 0 Å². The minimum atomic E-state index is 0. The SMILES string of the molecule is Cl.O=C(CC1CC2CCC1C2)N1CCNCC1c1cccnc1. The van der Waals surface area contributed by atoms with Crippen molar-refractivity contribution in [2.75, 3.05) is 19.6 Å². The lowest BCUT2D eigenvalue weighted by atomic mass is 9.86. The van der Waals surface area contributed by atoms with Crippen molar-refractivity contribution in [1.82, 2.24) is 15.2 Å². The van der Waals surface area contributed by atoms with Gasteiger partial charge in [-0.25, -0.2) is 0 Å². The van der Waals surface area contributed by atoms with E-state index in [1.165, 1.54) is 25.7 Å². The number of fused-ring (bicyclic) bond motifs is 2. The minimum absolute atomic E-state index is 0. The molecule has 1 aromatic rings. The van der Waals surface area contributed by atoms with Crippen molar-refractivity contribution in [3.05, 3.63) is 30.1 Å². The molecule has 0 aromatic carbocycles. The zero-order valence-corrected chi connectivity index (χ0v) is 14.3. The highest BCUT2D eigenvalue weighted by Crippen LogP contribution is 2.49. The molecule has 1 saturated heterocycles. The normalized spacial score (nSPS) is 32.6. The average molecular weight is 336 g/mol. The quantitative estimate of drug-likeness (QED) is 0.923. The van der Waals surface area contributed by atoms with Gasteiger partial charge in [0.2, 0.25) is 5.91 Å². The highest BCUT2D eigenvalue weighted by molar-refractivity contribution is 5.85. The van der Waals surface area contributed by atoms with E-state index in [9.17, 15) is 4.79 Å². The summed E-state index contributed by atoms with van der Waals surface area (Å²) in [6.45, 7) is 2.56. The molecule has 23 heavy (non-hydrogen) atoms. The molecule has 5 heteroatoms. The van der Waals surface area contributed by atoms with Crippen LogP contribution in [-0.4, -0.2) is 35.4 Å². The summed E-state index contributed by atoms with van der Waals surface area (Å²) >= 11 is 0. The molecule has 4 unspecified atom stereocenters. The van der Waals surface area contributed by atoms with Gasteiger partial charge < -0.3 is 10.2 Å². The number of halogens is 1. The number of amides is 1. The Balaban J connectivity index is 0.00000156. The predicted molar refractivity (Wildman–Crippen MR) is 92.4 cm³/mol. The molecule has 126 valence electrons. The fourth-order valence-electron chi connectivity index (χ4n) is 4.84. The second kappa shape index (κ2) is 7.18. The molecule has 2 heterocycles. The van der Waals surface area contributed by atoms with E-state index in [0.717, 1.165) is 43.5 Å². The molecule has 0 radical (unpaired) electrons. The lowest BCUT2D eigenvalue weighted by molar-refractivity contribution is -0.136. The minimum Gasteiger partial charge on any atom is -0.333 e. The van der Waals surface area contributed by atoms with Crippen LogP contribution in [0.3, 0.4) is 0 Å². The van der Waals surface area contributed by atoms with Crippen LogP contribution >= 0.6 is 12.4 Å². The molecule has 3 fully saturated rings. The lowest BCUT2D eigenvalue weighted by Gasteiger charge is -2.37. The molecular weight excluding hydrogens is 310 g/mol. The Kier molecular flexibility index (Phi) is 5.22. The number of nitrogens with one attached hydrogen (secondary N) is 1. The zero-order chi connectivity index (χ0) is 14.9. The Morgan fingerprint density at radius 2 is 2.26 bits per heavy atom. The van der Waals surface area contributed by atoms with Gasteiger partial charge in [0.1, 0.15) is 0 Å². The topological polar surface area (TPSA) is 45.2 Å². The van der Waals surface area contributed by atoms with E-state index < -0.39 is 0 Å². The van der Waals surface area contributed by atoms with E-state index in [1.807, 2.05) is 12.3 Å². The van der Waals surface area contributed by atoms with Gasteiger partial charge in [0, 0.05) is 38.4 Å². The second-order valence-electron chi connectivity index (χ2n) is 7.23. The lowest BCUT2D eigenvalue weighted by Crippen LogP contribution is -2.49. The summed E-state index contributed by atoms with van der Waals surface area (Å²) in [5, 5.41) is 3.42. The smallest absolute Gasteiger partial charge is 0.223 e. The summed E-state index contributed by atoms with van der Waals surface area (Å²) < 4.78 is 0. The molecule has 3 aliphatic rings. The van der Waals surface area contributed by atoms with Crippen LogP contribution in [0.25, 0.3) is 0 Å². The number of pyridine rings is 1. The maximum absolute atomic E-state index is 12.9. The van der Waals surface area contributed by atoms with Crippen molar-refractivity contribution < 1.29 is 4.79 Å². The fourth-order valence-corrected chi connectivity index (χ4v) is 4.84. The van der Waals surface area contributed by atoms with E-state index in [2.05, 4.69) is 21.3 Å². The fraction of sp³-hybridized carbons (Fsp3) is 0.667. The summed E-state index contributed by atoms with van der Waals surface area (Å²) in [7, 11) is 0. The Morgan fingerprint density at radius 3 is 2.96 bits per heavy atom. The molecule has 1 amide bonds. The summed E-state index contributed by atoms with van der Waals surface area (Å²) in [6.07, 6.45) is 9.89. The van der Waals surface area contributed by atoms with Gasteiger partial charge in [-0.3, -0.25) is 9.78 Å². The van der Waals surface area contributed by atoms with Gasteiger partial charge in [-0.05, 0) is 48.6 Å². The Bertz CT molecular complexity index is 538. The van der Waals surface area contributed by atoms with Crippen LogP contribution in [0.5, 0.6) is 0 Å². The highest BCUT2D eigenvalue weighted by Gasteiger charge is 2.41. The number of aromatic nitrogens is 1. The predicted octanol–water partition coefficient (Wildman–Crippen LogP) is 2.80. The highest BCUT2D eigenvalue weighted by atomic mass is 35.5. The summed E-state index contributed by atoms with van der Waals surface area (Å²) in [5.41, 5.74) is 1.15. The van der Waals surface area contributed by atoms with Crippen LogP contribution in [0.4, 0.5) is 0 Å². The van der Waals surface area contributed by atoms with Crippen molar-refractivity contribution in [1.29, 1.82) is 0 Å². The van der Waals surface area contributed by atoms with E-state index >= 15 is 0 Å². The molecule has 1 aliphatic heterocycles. The van der Waals surface area contributed by atoms with Crippen LogP contribution in [0.15, 0.2) is 24.5 Å². The first-order valence-corrected chi connectivity index (χ1v) is 8.71. The van der Waals surface area contributed by atoms with Crippen molar-refractivity contribution in [2.45, 2.75) is 38.1 Å². The van der Waals surface area contributed by atoms with Crippen molar-refractivity contribution in [3.63, 3.8) is 0 Å². The van der Waals surface area contributed by atoms with Crippen molar-refractivity contribution in [2.24, 2.45) is 17.8 Å². The van der Waals surface area contributed by atoms with Gasteiger partial charge in [0.25, 0.3) is 0 Å². The first kappa shape index (κ1) is 16.7. The van der Waals surface area contributed by atoms with Crippen LogP contribution < -0.4 is 5.32 Å². The summed E-state index contributed by atoms with van der Waals surface area (Å²) in [4.78, 5) is 19.2. The number of carbonyl (C=O) groups is 1. The Morgan fingerprint density at radius 1 is 1.35 bits per heavy atom. The molecular formula is C18H26ClN3O. The summed E-state index contributed by atoms with van der Waals surface area (Å²) in [5.74, 6) is 2.75. The third kappa shape index (κ3) is 3.38. The molecule has 1 aromatic heterocycles. The van der Waals surface area contributed by atoms with Crippen LogP contribution in [0.1, 0.15) is 43.7 Å². The number of hydrogen-bond acceptors (Lipinski definition) is 3. The Labute approximate surface area is 144 Å². The van der Waals surface area contributed by atoms with Crippen LogP contribution in [-0.2, 0) is 4.79 Å². The number of piperazine rings is 1. The monoisotopic (exact) mass is 335 g/mol. The van der Waals surface area contributed by atoms with Crippen LogP contribution in [0, 0.1) is 17.8 Å². The van der Waals surface area contributed by atoms with Crippen molar-refractivity contribution >= 4 is 18.3 Å². The van der Waals surface area contributed by atoms with E-state index in [4.69, 9.17) is 0 Å². The van der Waals surface area contributed by atoms with E-state index in [0.29, 0.717) is 11.8 Å². The Hall–Kier alpha value is -1.13. The number of rotatable bonds is 3. The number of carbonyl (C=O) groups excluding carboxylic acids is 1. The van der Waals surface area contributed by atoms with Gasteiger partial charge in [-0.2, -0.15) is 0 Å². The molecule has 4 nitrogen and oxygen atoms in total. The molecule has 2 bridgehead atoms. The van der Waals surface area contributed by atoms with Crippen molar-refractivity contribution in [3.8, 4) is 0 Å². The number of hydrogen-bond donors (Lipinski definition) is 1. The molecule has 1 N–H and O–H groups in total. The van der Waals surface area contributed by atoms with Gasteiger partial charge in [-0.1, -0.05) is 12.5 Å². The largest absolute Gasteiger partial charge is 0.333 e. The number of nitrogens with zero attached hydrogens (tertiary/aromatic N) is 2. The molecule has 0 spiro atoms. The van der Waals surface area contributed by atoms with Gasteiger partial charge in [-0.15, -0.1) is 12.4 Å². The third-order valence-electron chi connectivity index (χ3n) is 5.95. The maximum Gasteiger partial charge on any atom is 0.223 e. The third-order valence-corrected chi connectivity index (χ3v) is 5.95. The van der Waals surface area contributed by atoms with E-state index in [-0.39, 0.29) is 18.4 Å². The van der Waals surface area contributed by atoms with E-state index in [1.54, 1.807) is 6.20 Å². The second-order valence-corrected chi connectivity index (χ2v) is 7.23. The van der Waals surface area contributed by atoms with Gasteiger partial charge in [0.05, 0.1) is 6.04 Å². The maximum atomic E-state index is 12.9. The molecule has 4 rings (SSSR count). The van der Waals surface area contributed by atoms with Crippen LogP contribution in [0.2, 0.25) is 0 Å². The average Bonchev–Trinajstić information content (AvgIpc) is 3.18. The summed E-state index contributed by atoms with van der Waals surface area (Å²) in [6, 6.07) is 4.19. The molecule has 2 saturated carbocycles. The van der Waals surface area contributed by atoms with Gasteiger partial charge in [0.15, 0.2) is 0 Å². The standard InChI is InChI=1S/C18H25N3O.ClH/c22-18(10-16-9-13-3-4-14(16)8-13)21-7-6-20-12-17(21)15-2-1-5-19-11-15;/h1-2,5,11,13-14,16-17,20H,3-4,6-10,12H2;1H. The molecule has 4 atom stereocenters. The zero-order valence-electron chi connectivity index (χ0n) is 13.5. The first-order chi connectivity index (χ1) is 10.8. The molecule has 2 aliphatic carbocycles. The first-order valence-electron chi connectivity index (χ1n) is 8.71.